The maximum absolute atomic E-state index is 12.1. The van der Waals surface area contributed by atoms with Gasteiger partial charge in [0.2, 0.25) is 0 Å². The lowest BCUT2D eigenvalue weighted by Gasteiger charge is -2.23. The highest BCUT2D eigenvalue weighted by Crippen LogP contribution is 2.40. The average molecular weight is 485 g/mol. The zero-order valence-corrected chi connectivity index (χ0v) is 19.7. The molecule has 4 rings (SSSR count). The maximum Gasteiger partial charge on any atom is 0.416 e. The second-order valence-electron chi connectivity index (χ2n) is 7.68. The molecule has 0 aromatic heterocycles. The maximum atomic E-state index is 12.1. The molecule has 0 aliphatic heterocycles. The van der Waals surface area contributed by atoms with E-state index in [1.807, 2.05) is 12.1 Å². The molecular weight excluding hydrogens is 460 g/mol. The Hall–Kier alpha value is -4.98. The molecule has 8 nitrogen and oxygen atoms in total. The van der Waals surface area contributed by atoms with E-state index >= 15 is 0 Å². The first-order valence-corrected chi connectivity index (χ1v) is 11.0. The van der Waals surface area contributed by atoms with E-state index in [0.29, 0.717) is 34.2 Å². The van der Waals surface area contributed by atoms with Crippen LogP contribution in [0.2, 0.25) is 0 Å². The predicted molar refractivity (Wildman–Crippen MR) is 138 cm³/mol. The van der Waals surface area contributed by atoms with Crippen molar-refractivity contribution in [2.45, 2.75) is 0 Å². The monoisotopic (exact) mass is 484 g/mol. The van der Waals surface area contributed by atoms with E-state index in [4.69, 9.17) is 9.47 Å². The van der Waals surface area contributed by atoms with Gasteiger partial charge < -0.3 is 19.7 Å². The van der Waals surface area contributed by atoms with Crippen molar-refractivity contribution in [1.29, 1.82) is 0 Å². The van der Waals surface area contributed by atoms with Crippen LogP contribution >= 0.6 is 0 Å². The number of para-hydroxylation sites is 2. The Morgan fingerprint density at radius 2 is 0.944 bits per heavy atom. The Morgan fingerprint density at radius 3 is 1.25 bits per heavy atom. The van der Waals surface area contributed by atoms with Crippen molar-refractivity contribution < 1.29 is 29.3 Å². The van der Waals surface area contributed by atoms with Gasteiger partial charge in [-0.3, -0.25) is 0 Å². The summed E-state index contributed by atoms with van der Waals surface area (Å²) in [5.74, 6) is 0.719. The van der Waals surface area contributed by atoms with Gasteiger partial charge in [-0.05, 0) is 59.7 Å². The van der Waals surface area contributed by atoms with Gasteiger partial charge >= 0.3 is 12.2 Å². The molecule has 4 aromatic carbocycles. The number of carbonyl (C=O) groups is 2. The highest BCUT2D eigenvalue weighted by Gasteiger charge is 2.23. The topological polar surface area (TPSA) is 99.5 Å². The summed E-state index contributed by atoms with van der Waals surface area (Å²) in [5, 5.41) is 19.8. The van der Waals surface area contributed by atoms with Gasteiger partial charge in [0.05, 0.1) is 37.0 Å². The molecule has 0 aliphatic rings. The lowest BCUT2D eigenvalue weighted by atomic mass is 10.0. The van der Waals surface area contributed by atoms with Crippen LogP contribution in [0.1, 0.15) is 0 Å². The van der Waals surface area contributed by atoms with Crippen LogP contribution in [0.25, 0.3) is 11.1 Å². The van der Waals surface area contributed by atoms with Gasteiger partial charge in [0.15, 0.2) is 0 Å². The molecule has 0 fully saturated rings. The second kappa shape index (κ2) is 10.5. The van der Waals surface area contributed by atoms with Gasteiger partial charge in [-0.1, -0.05) is 48.5 Å². The van der Waals surface area contributed by atoms with Crippen LogP contribution < -0.4 is 19.3 Å². The van der Waals surface area contributed by atoms with Crippen molar-refractivity contribution in [2.75, 3.05) is 24.0 Å². The van der Waals surface area contributed by atoms with Crippen molar-refractivity contribution in [3.8, 4) is 22.6 Å². The molecule has 36 heavy (non-hydrogen) atoms. The molecule has 2 N–H and O–H groups in total. The normalized spacial score (nSPS) is 10.4. The smallest absolute Gasteiger partial charge is 0.416 e. The van der Waals surface area contributed by atoms with Gasteiger partial charge in [0, 0.05) is 0 Å². The van der Waals surface area contributed by atoms with Gasteiger partial charge in [0.1, 0.15) is 11.5 Å². The van der Waals surface area contributed by atoms with E-state index in [9.17, 15) is 19.8 Å². The van der Waals surface area contributed by atoms with Crippen LogP contribution in [0.15, 0.2) is 97.1 Å². The molecule has 0 bridgehead atoms. The quantitative estimate of drug-likeness (QED) is 0.293. The van der Waals surface area contributed by atoms with Gasteiger partial charge in [0.25, 0.3) is 0 Å². The van der Waals surface area contributed by atoms with E-state index in [0.717, 1.165) is 20.9 Å². The Bertz CT molecular complexity index is 1270. The first-order chi connectivity index (χ1) is 17.4. The predicted octanol–water partition coefficient (Wildman–Crippen LogP) is 7.00. The number of benzene rings is 4. The molecule has 0 atom stereocenters. The number of methoxy groups -OCH3 is 2. The third-order valence-corrected chi connectivity index (χ3v) is 5.59. The fraction of sp³-hybridized carbons (Fsp3) is 0.0714. The summed E-state index contributed by atoms with van der Waals surface area (Å²) >= 11 is 0. The Morgan fingerprint density at radius 1 is 0.583 bits per heavy atom. The number of amides is 2. The van der Waals surface area contributed by atoms with Crippen molar-refractivity contribution in [1.82, 2.24) is 0 Å². The Labute approximate surface area is 208 Å². The Balaban J connectivity index is 1.76. The lowest BCUT2D eigenvalue weighted by Crippen LogP contribution is -2.24. The largest absolute Gasteiger partial charge is 0.495 e. The summed E-state index contributed by atoms with van der Waals surface area (Å²) < 4.78 is 11.1. The SMILES string of the molecule is COc1cc(-c2ccc(N(C(=O)O)c3ccccc3)c(OC)c2)ccc1N(C(=O)O)c1ccccc1. The Kier molecular flexibility index (Phi) is 7.06. The summed E-state index contributed by atoms with van der Waals surface area (Å²) in [6.45, 7) is 0. The highest BCUT2D eigenvalue weighted by atomic mass is 16.5. The van der Waals surface area contributed by atoms with Crippen molar-refractivity contribution in [3.05, 3.63) is 97.1 Å². The third kappa shape index (κ3) is 4.78. The summed E-state index contributed by atoms with van der Waals surface area (Å²) in [6, 6.07) is 27.8. The molecule has 8 heteroatoms. The minimum absolute atomic E-state index is 0.359. The molecule has 0 spiro atoms. The number of rotatable bonds is 7. The molecular formula is C28H24N2O6. The summed E-state index contributed by atoms with van der Waals surface area (Å²) in [4.78, 5) is 26.5. The molecule has 0 aliphatic carbocycles. The summed E-state index contributed by atoms with van der Waals surface area (Å²) in [6.07, 6.45) is -2.29. The van der Waals surface area contributed by atoms with E-state index in [2.05, 4.69) is 0 Å². The standard InChI is InChI=1S/C28H24N2O6/c1-35-25-17-19(13-15-23(25)29(27(31)32)21-9-5-3-6-10-21)20-14-16-24(26(18-20)36-2)30(28(33)34)22-11-7-4-8-12-22/h3-18H,1-2H3,(H,31,32)(H,33,34). The minimum atomic E-state index is -1.15. The van der Waals surface area contributed by atoms with Gasteiger partial charge in [-0.25, -0.2) is 19.4 Å². The van der Waals surface area contributed by atoms with E-state index in [1.165, 1.54) is 14.2 Å². The number of hydrogen-bond donors (Lipinski definition) is 2. The number of ether oxygens (including phenoxy) is 2. The molecule has 2 amide bonds. The highest BCUT2D eigenvalue weighted by molar-refractivity contribution is 5.98. The molecule has 4 aromatic rings. The van der Waals surface area contributed by atoms with E-state index < -0.39 is 12.2 Å². The zero-order chi connectivity index (χ0) is 25.7. The molecule has 0 saturated carbocycles. The fourth-order valence-electron chi connectivity index (χ4n) is 3.94. The number of nitrogens with zero attached hydrogens (tertiary/aromatic N) is 2. The second-order valence-corrected chi connectivity index (χ2v) is 7.68. The first-order valence-electron chi connectivity index (χ1n) is 11.0. The van der Waals surface area contributed by atoms with Crippen LogP contribution in [0.4, 0.5) is 32.3 Å². The molecule has 0 saturated heterocycles. The van der Waals surface area contributed by atoms with Crippen LogP contribution in [0.5, 0.6) is 11.5 Å². The summed E-state index contributed by atoms with van der Waals surface area (Å²) in [7, 11) is 2.95. The van der Waals surface area contributed by atoms with Crippen LogP contribution in [0, 0.1) is 0 Å². The van der Waals surface area contributed by atoms with Crippen molar-refractivity contribution >= 4 is 34.9 Å². The first kappa shape index (κ1) is 24.2. The zero-order valence-electron chi connectivity index (χ0n) is 19.7. The van der Waals surface area contributed by atoms with E-state index in [1.54, 1.807) is 84.9 Å². The molecule has 0 heterocycles. The molecule has 0 radical (unpaired) electrons. The molecule has 182 valence electrons. The average Bonchev–Trinajstić information content (AvgIpc) is 2.90. The van der Waals surface area contributed by atoms with Gasteiger partial charge in [-0.2, -0.15) is 0 Å². The number of hydrogen-bond acceptors (Lipinski definition) is 4. The number of anilines is 4. The van der Waals surface area contributed by atoms with Crippen molar-refractivity contribution in [2.24, 2.45) is 0 Å². The van der Waals surface area contributed by atoms with Gasteiger partial charge in [-0.15, -0.1) is 0 Å². The fourth-order valence-corrected chi connectivity index (χ4v) is 3.94. The molecule has 0 unspecified atom stereocenters. The van der Waals surface area contributed by atoms with Crippen LogP contribution in [-0.2, 0) is 0 Å². The third-order valence-electron chi connectivity index (χ3n) is 5.59. The van der Waals surface area contributed by atoms with Crippen LogP contribution in [0.3, 0.4) is 0 Å². The number of carboxylic acid groups (broad SMARTS) is 2. The van der Waals surface area contributed by atoms with Crippen molar-refractivity contribution in [3.63, 3.8) is 0 Å². The van der Waals surface area contributed by atoms with E-state index in [-0.39, 0.29) is 0 Å². The minimum Gasteiger partial charge on any atom is -0.495 e. The van der Waals surface area contributed by atoms with Crippen LogP contribution in [-0.4, -0.2) is 36.6 Å². The summed E-state index contributed by atoms with van der Waals surface area (Å²) in [5.41, 5.74) is 3.17. The lowest BCUT2D eigenvalue weighted by molar-refractivity contribution is 0.203.